The van der Waals surface area contributed by atoms with Gasteiger partial charge in [-0.05, 0) is 37.5 Å². The number of hydrogen-bond donors (Lipinski definition) is 1. The van der Waals surface area contributed by atoms with Crippen molar-refractivity contribution in [1.29, 1.82) is 0 Å². The van der Waals surface area contributed by atoms with Crippen LogP contribution < -0.4 is 4.99 Å². The highest BCUT2D eigenvalue weighted by Gasteiger charge is 2.29. The molecule has 1 N–H and O–H groups in total. The van der Waals surface area contributed by atoms with Gasteiger partial charge in [-0.15, -0.1) is 0 Å². The number of hydrogen-bond acceptors (Lipinski definition) is 0. The third kappa shape index (κ3) is 1.32. The van der Waals surface area contributed by atoms with Crippen molar-refractivity contribution < 1.29 is 4.99 Å². The Labute approximate surface area is 107 Å². The molecular formula is C16H19N2+. The Kier molecular flexibility index (Phi) is 2.14. The molecule has 0 spiro atoms. The number of aromatic nitrogens is 1. The van der Waals surface area contributed by atoms with E-state index in [0.717, 1.165) is 13.1 Å². The Morgan fingerprint density at radius 1 is 1.17 bits per heavy atom. The maximum Gasteiger partial charge on any atom is 0.198 e. The summed E-state index contributed by atoms with van der Waals surface area (Å²) in [6.45, 7) is 4.48. The molecule has 0 saturated heterocycles. The fraction of sp³-hybridized carbons (Fsp3) is 0.438. The Morgan fingerprint density at radius 2 is 2.11 bits per heavy atom. The van der Waals surface area contributed by atoms with Crippen molar-refractivity contribution >= 4 is 16.6 Å². The molecule has 0 fully saturated rings. The fourth-order valence-electron chi connectivity index (χ4n) is 3.58. The minimum Gasteiger partial charge on any atom is -0.335 e. The second-order valence-electron chi connectivity index (χ2n) is 5.61. The van der Waals surface area contributed by atoms with Crippen molar-refractivity contribution in [2.45, 2.75) is 39.2 Å². The van der Waals surface area contributed by atoms with Crippen LogP contribution in [0.25, 0.3) is 10.9 Å². The van der Waals surface area contributed by atoms with Gasteiger partial charge in [0.15, 0.2) is 5.71 Å². The molecule has 0 atom stereocenters. The lowest BCUT2D eigenvalue weighted by Crippen LogP contribution is -2.73. The van der Waals surface area contributed by atoms with Crippen molar-refractivity contribution in [2.24, 2.45) is 0 Å². The summed E-state index contributed by atoms with van der Waals surface area (Å²) in [5.41, 5.74) is 7.40. The van der Waals surface area contributed by atoms with Crippen molar-refractivity contribution in [3.63, 3.8) is 0 Å². The predicted molar refractivity (Wildman–Crippen MR) is 74.2 cm³/mol. The van der Waals surface area contributed by atoms with E-state index in [2.05, 4.69) is 34.7 Å². The van der Waals surface area contributed by atoms with Gasteiger partial charge in [0.1, 0.15) is 12.2 Å². The zero-order valence-electron chi connectivity index (χ0n) is 10.9. The molecular weight excluding hydrogens is 220 g/mol. The van der Waals surface area contributed by atoms with Gasteiger partial charge in [-0.1, -0.05) is 11.6 Å². The van der Waals surface area contributed by atoms with Crippen LogP contribution >= 0.6 is 0 Å². The quantitative estimate of drug-likeness (QED) is 0.719. The topological polar surface area (TPSA) is 18.9 Å². The highest BCUT2D eigenvalue weighted by Crippen LogP contribution is 2.32. The van der Waals surface area contributed by atoms with E-state index in [1.165, 1.54) is 53.6 Å². The van der Waals surface area contributed by atoms with E-state index < -0.39 is 0 Å². The number of rotatable bonds is 0. The molecule has 2 aromatic rings. The van der Waals surface area contributed by atoms with Crippen LogP contribution in [0.15, 0.2) is 18.2 Å². The molecule has 1 aliphatic carbocycles. The number of benzene rings is 1. The van der Waals surface area contributed by atoms with Gasteiger partial charge in [0.2, 0.25) is 0 Å². The van der Waals surface area contributed by atoms with Gasteiger partial charge in [-0.3, -0.25) is 0 Å². The minimum atomic E-state index is 1.13. The summed E-state index contributed by atoms with van der Waals surface area (Å²) in [7, 11) is 0. The lowest BCUT2D eigenvalue weighted by molar-refractivity contribution is -0.457. The van der Waals surface area contributed by atoms with E-state index in [9.17, 15) is 0 Å². The molecule has 2 nitrogen and oxygen atoms in total. The van der Waals surface area contributed by atoms with Gasteiger partial charge >= 0.3 is 0 Å². The summed E-state index contributed by atoms with van der Waals surface area (Å²) in [5, 5.41) is 1.49. The Bertz CT molecular complexity index is 661. The van der Waals surface area contributed by atoms with Crippen LogP contribution in [0.4, 0.5) is 0 Å². The van der Waals surface area contributed by atoms with Gasteiger partial charge in [-0.25, -0.2) is 4.99 Å². The fourth-order valence-corrected chi connectivity index (χ4v) is 3.58. The van der Waals surface area contributed by atoms with E-state index in [0.29, 0.717) is 0 Å². The first-order valence-electron chi connectivity index (χ1n) is 7.06. The molecule has 0 radical (unpaired) electrons. The third-order valence-electron chi connectivity index (χ3n) is 4.36. The molecule has 1 aromatic carbocycles. The van der Waals surface area contributed by atoms with Gasteiger partial charge in [-0.2, -0.15) is 0 Å². The molecule has 0 amide bonds. The molecule has 4 rings (SSSR count). The Morgan fingerprint density at radius 3 is 3.06 bits per heavy atom. The van der Waals surface area contributed by atoms with Crippen molar-refractivity contribution in [3.8, 4) is 0 Å². The average Bonchev–Trinajstić information content (AvgIpc) is 2.56. The van der Waals surface area contributed by atoms with Gasteiger partial charge < -0.3 is 4.57 Å². The SMILES string of the molecule is Cc1ccc2c(c1)c1c3n2CCC[NH+]=C3CCC1. The zero-order valence-corrected chi connectivity index (χ0v) is 10.9. The van der Waals surface area contributed by atoms with Crippen LogP contribution in [-0.2, 0) is 13.0 Å². The minimum absolute atomic E-state index is 1.13. The van der Waals surface area contributed by atoms with E-state index in [-0.39, 0.29) is 0 Å². The number of fused-ring (bicyclic) bond motifs is 3. The van der Waals surface area contributed by atoms with E-state index in [1.54, 1.807) is 5.56 Å². The van der Waals surface area contributed by atoms with Crippen LogP contribution in [0.5, 0.6) is 0 Å². The normalized spacial score (nSPS) is 18.4. The molecule has 2 heterocycles. The summed E-state index contributed by atoms with van der Waals surface area (Å²) in [6.07, 6.45) is 4.99. The lowest BCUT2D eigenvalue weighted by Gasteiger charge is -2.12. The molecule has 2 heteroatoms. The van der Waals surface area contributed by atoms with Crippen molar-refractivity contribution in [1.82, 2.24) is 4.57 Å². The van der Waals surface area contributed by atoms with Crippen LogP contribution in [0.2, 0.25) is 0 Å². The van der Waals surface area contributed by atoms with E-state index in [1.807, 2.05) is 0 Å². The zero-order chi connectivity index (χ0) is 12.1. The summed E-state index contributed by atoms with van der Waals surface area (Å²) >= 11 is 0. The highest BCUT2D eigenvalue weighted by molar-refractivity contribution is 6.04. The maximum atomic E-state index is 3.65. The standard InChI is InChI=1S/C16H18N2/c1-11-6-7-15-13(10-11)12-4-2-5-14-16(12)18(15)9-3-8-17-14/h6-7,10H,2-5,8-9H2,1H3/p+1. The largest absolute Gasteiger partial charge is 0.335 e. The van der Waals surface area contributed by atoms with E-state index >= 15 is 0 Å². The molecule has 0 saturated carbocycles. The molecule has 1 aromatic heterocycles. The molecule has 1 aliphatic heterocycles. The second-order valence-corrected chi connectivity index (χ2v) is 5.61. The Hall–Kier alpha value is -1.57. The van der Waals surface area contributed by atoms with Gasteiger partial charge in [0.25, 0.3) is 0 Å². The van der Waals surface area contributed by atoms with Gasteiger partial charge in [0.05, 0.1) is 0 Å². The lowest BCUT2D eigenvalue weighted by atomic mass is 9.93. The van der Waals surface area contributed by atoms with E-state index in [4.69, 9.17) is 0 Å². The smallest absolute Gasteiger partial charge is 0.198 e. The van der Waals surface area contributed by atoms with Crippen LogP contribution in [0, 0.1) is 6.92 Å². The Balaban J connectivity index is 2.13. The summed E-state index contributed by atoms with van der Waals surface area (Å²) in [4.78, 5) is 3.65. The molecule has 2 aliphatic rings. The molecule has 18 heavy (non-hydrogen) atoms. The second kappa shape index (κ2) is 3.71. The number of nitrogens with one attached hydrogen (secondary N) is 1. The summed E-state index contributed by atoms with van der Waals surface area (Å²) in [5.74, 6) is 0. The monoisotopic (exact) mass is 239 g/mol. The molecule has 0 unspecified atom stereocenters. The third-order valence-corrected chi connectivity index (χ3v) is 4.36. The molecule has 92 valence electrons. The first-order valence-corrected chi connectivity index (χ1v) is 7.06. The predicted octanol–water partition coefficient (Wildman–Crippen LogP) is 1.56. The van der Waals surface area contributed by atoms with Crippen molar-refractivity contribution in [2.75, 3.05) is 6.54 Å². The van der Waals surface area contributed by atoms with Gasteiger partial charge in [0, 0.05) is 30.3 Å². The number of aryl methyl sites for hydroxylation is 3. The average molecular weight is 239 g/mol. The van der Waals surface area contributed by atoms with Crippen LogP contribution in [0.3, 0.4) is 0 Å². The highest BCUT2D eigenvalue weighted by atomic mass is 15.0. The maximum absolute atomic E-state index is 3.65. The summed E-state index contributed by atoms with van der Waals surface area (Å²) < 4.78 is 2.55. The molecule has 0 bridgehead atoms. The van der Waals surface area contributed by atoms with Crippen LogP contribution in [-0.4, -0.2) is 16.8 Å². The first-order chi connectivity index (χ1) is 8.84. The van der Waals surface area contributed by atoms with Crippen LogP contribution in [0.1, 0.15) is 36.1 Å². The first kappa shape index (κ1) is 10.4. The van der Waals surface area contributed by atoms with Crippen molar-refractivity contribution in [3.05, 3.63) is 35.0 Å². The number of nitrogens with zero attached hydrogens (tertiary/aromatic N) is 1. The summed E-state index contributed by atoms with van der Waals surface area (Å²) in [6, 6.07) is 6.93.